The first-order valence-corrected chi connectivity index (χ1v) is 10.1. The fraction of sp³-hybridized carbons (Fsp3) is 0.619. The summed E-state index contributed by atoms with van der Waals surface area (Å²) in [5.41, 5.74) is 0.363. The first-order valence-electron chi connectivity index (χ1n) is 10.1. The summed E-state index contributed by atoms with van der Waals surface area (Å²) in [6.07, 6.45) is 5.14. The van der Waals surface area contributed by atoms with Crippen molar-refractivity contribution in [3.63, 3.8) is 0 Å². The molecule has 0 radical (unpaired) electrons. The molecule has 2 N–H and O–H groups in total. The Labute approximate surface area is 164 Å². The molecule has 1 saturated carbocycles. The van der Waals surface area contributed by atoms with E-state index >= 15 is 0 Å². The van der Waals surface area contributed by atoms with Crippen LogP contribution in [0.4, 0.5) is 8.78 Å². The number of likely N-dealkylation sites (N-methyl/N-ethyl adjacent to an activating group) is 1. The summed E-state index contributed by atoms with van der Waals surface area (Å²) in [6, 6.07) is 3.45. The molecule has 1 aromatic carbocycles. The lowest BCUT2D eigenvalue weighted by atomic mass is 9.96. The van der Waals surface area contributed by atoms with Crippen LogP contribution < -0.4 is 10.6 Å². The van der Waals surface area contributed by atoms with E-state index in [2.05, 4.69) is 10.6 Å². The Morgan fingerprint density at radius 3 is 2.54 bits per heavy atom. The van der Waals surface area contributed by atoms with Gasteiger partial charge in [-0.2, -0.15) is 0 Å². The van der Waals surface area contributed by atoms with Gasteiger partial charge in [-0.1, -0.05) is 6.42 Å². The summed E-state index contributed by atoms with van der Waals surface area (Å²) in [6.45, 7) is 1.70. The molecule has 7 heteroatoms. The molecule has 1 aromatic rings. The third-order valence-electron chi connectivity index (χ3n) is 5.60. The van der Waals surface area contributed by atoms with Crippen LogP contribution in [0.1, 0.15) is 44.1 Å². The second-order valence-electron chi connectivity index (χ2n) is 8.15. The van der Waals surface area contributed by atoms with Gasteiger partial charge in [0.1, 0.15) is 11.6 Å². The Hall–Kier alpha value is -2.02. The van der Waals surface area contributed by atoms with Crippen molar-refractivity contribution in [3.05, 3.63) is 35.4 Å². The van der Waals surface area contributed by atoms with Gasteiger partial charge in [0.05, 0.1) is 0 Å². The van der Waals surface area contributed by atoms with Crippen LogP contribution >= 0.6 is 0 Å². The van der Waals surface area contributed by atoms with Crippen molar-refractivity contribution in [2.75, 3.05) is 20.1 Å². The van der Waals surface area contributed by atoms with Crippen LogP contribution in [0.15, 0.2) is 18.2 Å². The number of hydrogen-bond donors (Lipinski definition) is 2. The molecule has 1 aliphatic heterocycles. The van der Waals surface area contributed by atoms with Crippen molar-refractivity contribution < 1.29 is 18.4 Å². The lowest BCUT2D eigenvalue weighted by Gasteiger charge is -2.24. The minimum atomic E-state index is -0.673. The van der Waals surface area contributed by atoms with E-state index in [1.165, 1.54) is 25.0 Å². The fourth-order valence-electron chi connectivity index (χ4n) is 3.70. The molecule has 0 aromatic heterocycles. The van der Waals surface area contributed by atoms with E-state index in [-0.39, 0.29) is 30.8 Å². The van der Waals surface area contributed by atoms with E-state index < -0.39 is 17.6 Å². The highest BCUT2D eigenvalue weighted by molar-refractivity contribution is 5.85. The Kier molecular flexibility index (Phi) is 6.99. The van der Waals surface area contributed by atoms with Crippen LogP contribution in [0.25, 0.3) is 0 Å². The van der Waals surface area contributed by atoms with Gasteiger partial charge in [0.15, 0.2) is 0 Å². The maximum absolute atomic E-state index is 13.3. The number of amides is 2. The average molecular weight is 393 g/mol. The SMILES string of the molecule is CN1C[C@H](NCC2CC2)CCC[C@@H](C(=O)NCc2cc(F)cc(F)c2)CC1=O. The first-order chi connectivity index (χ1) is 13.4. The maximum Gasteiger partial charge on any atom is 0.223 e. The summed E-state index contributed by atoms with van der Waals surface area (Å²) in [4.78, 5) is 26.8. The molecule has 28 heavy (non-hydrogen) atoms. The predicted octanol–water partition coefficient (Wildman–Crippen LogP) is 2.60. The zero-order chi connectivity index (χ0) is 20.1. The third-order valence-corrected chi connectivity index (χ3v) is 5.60. The molecule has 5 nitrogen and oxygen atoms in total. The highest BCUT2D eigenvalue weighted by Gasteiger charge is 2.28. The minimum absolute atomic E-state index is 0.0413. The van der Waals surface area contributed by atoms with Crippen LogP contribution in [0, 0.1) is 23.5 Å². The largest absolute Gasteiger partial charge is 0.352 e. The van der Waals surface area contributed by atoms with Crippen molar-refractivity contribution in [2.24, 2.45) is 11.8 Å². The van der Waals surface area contributed by atoms with E-state index in [0.717, 1.165) is 31.4 Å². The lowest BCUT2D eigenvalue weighted by molar-refractivity contribution is -0.135. The number of halogens is 2. The number of hydrogen-bond acceptors (Lipinski definition) is 3. The van der Waals surface area contributed by atoms with Crippen molar-refractivity contribution >= 4 is 11.8 Å². The molecule has 0 spiro atoms. The van der Waals surface area contributed by atoms with Crippen LogP contribution in [0.3, 0.4) is 0 Å². The van der Waals surface area contributed by atoms with Gasteiger partial charge in [-0.3, -0.25) is 9.59 Å². The molecular formula is C21H29F2N3O2. The monoisotopic (exact) mass is 393 g/mol. The van der Waals surface area contributed by atoms with Crippen molar-refractivity contribution in [1.29, 1.82) is 0 Å². The van der Waals surface area contributed by atoms with E-state index in [1.54, 1.807) is 11.9 Å². The van der Waals surface area contributed by atoms with Gasteiger partial charge in [0.25, 0.3) is 0 Å². The van der Waals surface area contributed by atoms with Crippen LogP contribution in [-0.4, -0.2) is 42.9 Å². The molecule has 3 rings (SSSR count). The van der Waals surface area contributed by atoms with Crippen molar-refractivity contribution in [1.82, 2.24) is 15.5 Å². The first kappa shape index (κ1) is 20.7. The van der Waals surface area contributed by atoms with Crippen LogP contribution in [-0.2, 0) is 16.1 Å². The van der Waals surface area contributed by atoms with E-state index in [4.69, 9.17) is 0 Å². The van der Waals surface area contributed by atoms with E-state index in [1.807, 2.05) is 0 Å². The molecule has 0 bridgehead atoms. The summed E-state index contributed by atoms with van der Waals surface area (Å²) in [5.74, 6) is -1.27. The van der Waals surface area contributed by atoms with Crippen LogP contribution in [0.5, 0.6) is 0 Å². The summed E-state index contributed by atoms with van der Waals surface area (Å²) in [5, 5.41) is 6.29. The summed E-state index contributed by atoms with van der Waals surface area (Å²) in [7, 11) is 1.78. The lowest BCUT2D eigenvalue weighted by Crippen LogP contribution is -2.42. The van der Waals surface area contributed by atoms with Crippen molar-refractivity contribution in [3.8, 4) is 0 Å². The normalized spacial score (nSPS) is 23.7. The van der Waals surface area contributed by atoms with Gasteiger partial charge in [-0.05, 0) is 55.8 Å². The zero-order valence-electron chi connectivity index (χ0n) is 16.3. The molecule has 0 unspecified atom stereocenters. The average Bonchev–Trinajstić information content (AvgIpc) is 3.45. The minimum Gasteiger partial charge on any atom is -0.352 e. The molecule has 2 atom stereocenters. The molecule has 2 aliphatic rings. The second kappa shape index (κ2) is 9.45. The molecule has 2 amide bonds. The highest BCUT2D eigenvalue weighted by Crippen LogP contribution is 2.28. The standard InChI is InChI=1S/C21H29F2N3O2/c1-26-13-19(24-11-14-5-6-14)4-2-3-16(9-20(26)27)21(28)25-12-15-7-17(22)10-18(23)8-15/h7-8,10,14,16,19,24H,2-6,9,11-13H2,1H3,(H,25,28)/t16-,19-/m1/s1. The summed E-state index contributed by atoms with van der Waals surface area (Å²) >= 11 is 0. The van der Waals surface area contributed by atoms with Gasteiger partial charge in [-0.25, -0.2) is 8.78 Å². The van der Waals surface area contributed by atoms with Gasteiger partial charge in [-0.15, -0.1) is 0 Å². The zero-order valence-corrected chi connectivity index (χ0v) is 16.3. The topological polar surface area (TPSA) is 61.4 Å². The number of rotatable bonds is 6. The number of carbonyl (C=O) groups is 2. The van der Waals surface area contributed by atoms with E-state index in [9.17, 15) is 18.4 Å². The number of nitrogens with zero attached hydrogens (tertiary/aromatic N) is 1. The molecule has 1 heterocycles. The Balaban J connectivity index is 1.54. The quantitative estimate of drug-likeness (QED) is 0.781. The summed E-state index contributed by atoms with van der Waals surface area (Å²) < 4.78 is 26.6. The van der Waals surface area contributed by atoms with Gasteiger partial charge in [0, 0.05) is 44.6 Å². The Morgan fingerprint density at radius 1 is 1.14 bits per heavy atom. The number of carbonyl (C=O) groups excluding carboxylic acids is 2. The smallest absolute Gasteiger partial charge is 0.223 e. The molecule has 2 fully saturated rings. The van der Waals surface area contributed by atoms with Crippen molar-refractivity contribution in [2.45, 2.75) is 51.1 Å². The highest BCUT2D eigenvalue weighted by atomic mass is 19.1. The maximum atomic E-state index is 13.3. The van der Waals surface area contributed by atoms with Gasteiger partial charge >= 0.3 is 0 Å². The van der Waals surface area contributed by atoms with Crippen LogP contribution in [0.2, 0.25) is 0 Å². The number of nitrogens with one attached hydrogen (secondary N) is 2. The second-order valence-corrected chi connectivity index (χ2v) is 8.15. The fourth-order valence-corrected chi connectivity index (χ4v) is 3.70. The molecule has 1 saturated heterocycles. The van der Waals surface area contributed by atoms with Gasteiger partial charge < -0.3 is 15.5 Å². The third kappa shape index (κ3) is 6.26. The number of benzene rings is 1. The molecular weight excluding hydrogens is 364 g/mol. The predicted molar refractivity (Wildman–Crippen MR) is 102 cm³/mol. The Bertz CT molecular complexity index is 689. The van der Waals surface area contributed by atoms with E-state index in [0.29, 0.717) is 18.5 Å². The molecule has 154 valence electrons. The Morgan fingerprint density at radius 2 is 1.86 bits per heavy atom. The van der Waals surface area contributed by atoms with Gasteiger partial charge in [0.2, 0.25) is 11.8 Å². The molecule has 1 aliphatic carbocycles.